The normalized spacial score (nSPS) is 31.3. The first-order chi connectivity index (χ1) is 16.4. The molecule has 34 heavy (non-hydrogen) atoms. The molecule has 0 radical (unpaired) electrons. The zero-order chi connectivity index (χ0) is 23.3. The van der Waals surface area contributed by atoms with Crippen molar-refractivity contribution < 1.29 is 23.1 Å². The third-order valence-electron chi connectivity index (χ3n) is 7.61. The van der Waals surface area contributed by atoms with Crippen molar-refractivity contribution in [2.45, 2.75) is 37.1 Å². The van der Waals surface area contributed by atoms with E-state index in [1.807, 2.05) is 0 Å². The van der Waals surface area contributed by atoms with E-state index in [0.29, 0.717) is 16.6 Å². The Labute approximate surface area is 190 Å². The molecule has 0 spiro atoms. The second kappa shape index (κ2) is 6.69. The molecule has 5 heterocycles. The monoisotopic (exact) mass is 464 g/mol. The number of hydrogen-bond donors (Lipinski definition) is 2. The Morgan fingerprint density at radius 1 is 0.941 bits per heavy atom. The third kappa shape index (κ3) is 2.48. The number of imide groups is 1. The summed E-state index contributed by atoms with van der Waals surface area (Å²) in [5, 5.41) is 10.3. The van der Waals surface area contributed by atoms with E-state index in [2.05, 4.69) is 15.5 Å². The van der Waals surface area contributed by atoms with Gasteiger partial charge in [-0.2, -0.15) is 5.10 Å². The molecule has 6 atom stereocenters. The van der Waals surface area contributed by atoms with Crippen molar-refractivity contribution in [3.63, 3.8) is 0 Å². The smallest absolute Gasteiger partial charge is 0.272 e. The number of carbonyl (C=O) groups excluding carboxylic acids is 2. The number of H-pyrrole nitrogens is 1. The number of anilines is 1. The summed E-state index contributed by atoms with van der Waals surface area (Å²) in [6.45, 7) is 0. The Morgan fingerprint density at radius 2 is 1.62 bits per heavy atom. The maximum absolute atomic E-state index is 14.4. The lowest BCUT2D eigenvalue weighted by atomic mass is 9.81. The lowest BCUT2D eigenvalue weighted by Crippen LogP contribution is -2.44. The van der Waals surface area contributed by atoms with Crippen molar-refractivity contribution >= 4 is 28.3 Å². The zero-order valence-corrected chi connectivity index (χ0v) is 17.6. The van der Waals surface area contributed by atoms with Gasteiger partial charge in [0.25, 0.3) is 5.56 Å². The average Bonchev–Trinajstić information content (AvgIpc) is 3.50. The van der Waals surface area contributed by atoms with E-state index in [4.69, 9.17) is 4.74 Å². The van der Waals surface area contributed by atoms with Crippen LogP contribution in [0.5, 0.6) is 0 Å². The summed E-state index contributed by atoms with van der Waals surface area (Å²) in [6.07, 6.45) is 0.878. The lowest BCUT2D eigenvalue weighted by molar-refractivity contribution is -0.146. The van der Waals surface area contributed by atoms with Gasteiger partial charge < -0.3 is 10.1 Å². The van der Waals surface area contributed by atoms with Gasteiger partial charge in [0.1, 0.15) is 17.7 Å². The second-order valence-corrected chi connectivity index (χ2v) is 9.32. The number of likely N-dealkylation sites (tertiary alicyclic amines) is 1. The molecule has 3 fully saturated rings. The van der Waals surface area contributed by atoms with E-state index in [1.54, 1.807) is 12.1 Å². The molecule has 2 aromatic carbocycles. The topological polar surface area (TPSA) is 104 Å². The van der Waals surface area contributed by atoms with Crippen molar-refractivity contribution in [3.05, 3.63) is 69.6 Å². The highest BCUT2D eigenvalue weighted by Crippen LogP contribution is 2.53. The van der Waals surface area contributed by atoms with Crippen LogP contribution < -0.4 is 10.9 Å². The van der Waals surface area contributed by atoms with Crippen molar-refractivity contribution in [1.29, 1.82) is 0 Å². The van der Waals surface area contributed by atoms with Gasteiger partial charge in [-0.1, -0.05) is 12.1 Å². The van der Waals surface area contributed by atoms with Crippen molar-refractivity contribution in [2.24, 2.45) is 11.8 Å². The minimum Gasteiger partial charge on any atom is -0.375 e. The molecule has 3 saturated heterocycles. The fourth-order valence-corrected chi connectivity index (χ4v) is 6.24. The van der Waals surface area contributed by atoms with Gasteiger partial charge in [0.05, 0.1) is 41.2 Å². The first-order valence-electron chi connectivity index (χ1n) is 11.2. The maximum atomic E-state index is 14.4. The molecule has 172 valence electrons. The molecular weight excluding hydrogens is 446 g/mol. The molecule has 10 heteroatoms. The highest BCUT2D eigenvalue weighted by molar-refractivity contribution is 6.08. The van der Waals surface area contributed by atoms with Crippen LogP contribution in [0.3, 0.4) is 0 Å². The molecule has 8 nitrogen and oxygen atoms in total. The number of amides is 2. The molecule has 2 bridgehead atoms. The first kappa shape index (κ1) is 19.8. The highest BCUT2D eigenvalue weighted by Gasteiger charge is 2.64. The molecule has 2 N–H and O–H groups in total. The maximum Gasteiger partial charge on any atom is 0.272 e. The number of rotatable bonds is 2. The Morgan fingerprint density at radius 3 is 2.29 bits per heavy atom. The number of carbonyl (C=O) groups is 2. The van der Waals surface area contributed by atoms with Gasteiger partial charge in [-0.3, -0.25) is 19.3 Å². The number of nitrogens with zero attached hydrogens (tertiary/aromatic N) is 2. The molecule has 1 aromatic heterocycles. The molecular formula is C24H18F2N4O4. The predicted molar refractivity (Wildman–Crippen MR) is 115 cm³/mol. The number of benzene rings is 2. The lowest BCUT2D eigenvalue weighted by Gasteiger charge is -2.38. The van der Waals surface area contributed by atoms with E-state index in [1.165, 1.54) is 23.1 Å². The summed E-state index contributed by atoms with van der Waals surface area (Å²) >= 11 is 0. The molecule has 0 saturated carbocycles. The number of ether oxygens (including phenoxy) is 1. The number of nitrogens with one attached hydrogen (secondary N) is 2. The van der Waals surface area contributed by atoms with Gasteiger partial charge in [0.15, 0.2) is 0 Å². The van der Waals surface area contributed by atoms with Crippen LogP contribution in [0, 0.1) is 23.5 Å². The van der Waals surface area contributed by atoms with Gasteiger partial charge in [0.2, 0.25) is 11.8 Å². The fourth-order valence-electron chi connectivity index (χ4n) is 6.24. The quantitative estimate of drug-likeness (QED) is 0.565. The number of halogens is 2. The Bertz CT molecular complexity index is 1430. The van der Waals surface area contributed by atoms with Gasteiger partial charge in [-0.25, -0.2) is 13.9 Å². The largest absolute Gasteiger partial charge is 0.375 e. The van der Waals surface area contributed by atoms with Crippen molar-refractivity contribution in [3.8, 4) is 0 Å². The highest BCUT2D eigenvalue weighted by atomic mass is 19.1. The van der Waals surface area contributed by atoms with E-state index >= 15 is 0 Å². The molecule has 4 aliphatic rings. The molecule has 7 rings (SSSR count). The molecule has 3 aromatic rings. The Kier molecular flexibility index (Phi) is 3.89. The van der Waals surface area contributed by atoms with E-state index in [0.717, 1.165) is 18.9 Å². The van der Waals surface area contributed by atoms with Gasteiger partial charge >= 0.3 is 0 Å². The standard InChI is InChI=1S/C24H18F2N4O4/c25-10-3-1-9(2-4-10)19-21(30-23(32)17-14-5-6-15(34-14)18(17)24(30)33)20-16-12(22(31)29-28-20)7-11(26)8-13(16)27-19/h1-4,7-8,14-15,17-19,21,27H,5-6H2,(H,29,31). The number of aromatic amines is 1. The first-order valence-corrected chi connectivity index (χ1v) is 11.2. The molecule has 4 aliphatic heterocycles. The third-order valence-corrected chi connectivity index (χ3v) is 7.61. The Balaban J connectivity index is 1.45. The summed E-state index contributed by atoms with van der Waals surface area (Å²) < 4.78 is 33.9. The van der Waals surface area contributed by atoms with Crippen LogP contribution in [0.25, 0.3) is 10.8 Å². The van der Waals surface area contributed by atoms with Crippen LogP contribution in [0.1, 0.15) is 36.2 Å². The number of hydrogen-bond acceptors (Lipinski definition) is 6. The molecule has 6 unspecified atom stereocenters. The SMILES string of the molecule is O=C1C2C3CCC(O3)C2C(=O)N1C1c2n[nH]c(=O)c3cc(F)cc(c23)NC1c1ccc(F)cc1. The van der Waals surface area contributed by atoms with Gasteiger partial charge in [-0.15, -0.1) is 0 Å². The summed E-state index contributed by atoms with van der Waals surface area (Å²) in [6, 6.07) is 6.35. The van der Waals surface area contributed by atoms with Crippen LogP contribution in [0.2, 0.25) is 0 Å². The fraction of sp³-hybridized carbons (Fsp3) is 0.333. The van der Waals surface area contributed by atoms with Crippen LogP contribution in [-0.4, -0.2) is 39.1 Å². The van der Waals surface area contributed by atoms with E-state index in [9.17, 15) is 23.2 Å². The minimum atomic E-state index is -0.923. The van der Waals surface area contributed by atoms with Crippen molar-refractivity contribution in [2.75, 3.05) is 5.32 Å². The van der Waals surface area contributed by atoms with Crippen molar-refractivity contribution in [1.82, 2.24) is 15.1 Å². The number of aromatic nitrogens is 2. The van der Waals surface area contributed by atoms with Crippen LogP contribution in [0.15, 0.2) is 41.2 Å². The zero-order valence-electron chi connectivity index (χ0n) is 17.6. The van der Waals surface area contributed by atoms with Gasteiger partial charge in [0, 0.05) is 11.1 Å². The van der Waals surface area contributed by atoms with E-state index in [-0.39, 0.29) is 35.1 Å². The predicted octanol–water partition coefficient (Wildman–Crippen LogP) is 2.57. The minimum absolute atomic E-state index is 0.0674. The van der Waals surface area contributed by atoms with Crippen LogP contribution in [-0.2, 0) is 14.3 Å². The molecule has 0 aliphatic carbocycles. The van der Waals surface area contributed by atoms with Crippen LogP contribution in [0.4, 0.5) is 14.5 Å². The van der Waals surface area contributed by atoms with Gasteiger partial charge in [-0.05, 0) is 42.7 Å². The summed E-state index contributed by atoms with van der Waals surface area (Å²) in [5.74, 6) is -2.84. The Hall–Kier alpha value is -3.66. The van der Waals surface area contributed by atoms with E-state index < -0.39 is 41.1 Å². The molecule has 2 amide bonds. The number of fused-ring (bicyclic) bond motifs is 5. The summed E-state index contributed by atoms with van der Waals surface area (Å²) in [5.41, 5.74) is 0.603. The second-order valence-electron chi connectivity index (χ2n) is 9.32. The van der Waals surface area contributed by atoms with Crippen LogP contribution >= 0.6 is 0 Å². The average molecular weight is 464 g/mol. The summed E-state index contributed by atoms with van der Waals surface area (Å²) in [7, 11) is 0. The summed E-state index contributed by atoms with van der Waals surface area (Å²) in [4.78, 5) is 41.0.